The van der Waals surface area contributed by atoms with Crippen molar-refractivity contribution < 1.29 is 18.6 Å². The van der Waals surface area contributed by atoms with E-state index in [2.05, 4.69) is 385 Å². The Balaban J connectivity index is 0.000000183. The van der Waals surface area contributed by atoms with Gasteiger partial charge < -0.3 is 28.4 Å². The van der Waals surface area contributed by atoms with Crippen LogP contribution < -0.4 is 20.7 Å². The first-order valence-corrected chi connectivity index (χ1v) is 51.0. The molecule has 2 saturated heterocycles. The Morgan fingerprint density at radius 2 is 0.532 bits per heavy atom. The maximum atomic E-state index is 6.60. The third-order valence-electron chi connectivity index (χ3n) is 29.4. The lowest BCUT2D eigenvalue weighted by Crippen LogP contribution is -2.41. The summed E-state index contributed by atoms with van der Waals surface area (Å²) in [6, 6.07) is 82.1. The number of hydrogen-bond acceptors (Lipinski definition) is 6. The van der Waals surface area contributed by atoms with Crippen LogP contribution in [0.1, 0.15) is 360 Å². The molecule has 0 aromatic heterocycles. The third-order valence-corrected chi connectivity index (χ3v) is 30.4. The second-order valence-corrected chi connectivity index (χ2v) is 41.5. The van der Waals surface area contributed by atoms with Gasteiger partial charge in [0, 0.05) is 53.9 Å². The van der Waals surface area contributed by atoms with E-state index in [4.69, 9.17) is 18.6 Å². The van der Waals surface area contributed by atoms with Crippen LogP contribution in [0, 0.1) is 13.8 Å². The molecule has 126 heavy (non-hydrogen) atoms. The maximum absolute atomic E-state index is 6.60. The van der Waals surface area contributed by atoms with Crippen LogP contribution in [0.4, 0.5) is 34.1 Å². The number of rotatable bonds is 41. The van der Waals surface area contributed by atoms with E-state index in [0.717, 1.165) is 62.6 Å². The zero-order valence-corrected chi connectivity index (χ0v) is 83.8. The van der Waals surface area contributed by atoms with E-state index < -0.39 is 0 Å². The minimum absolute atomic E-state index is 0.0561. The summed E-state index contributed by atoms with van der Waals surface area (Å²) in [6.07, 6.45) is 38.8. The number of fused-ring (bicyclic) bond motifs is 6. The molecule has 2 atom stereocenters. The van der Waals surface area contributed by atoms with E-state index in [-0.39, 0.29) is 47.5 Å². The number of aryl methyl sites for hydroxylation is 2. The van der Waals surface area contributed by atoms with E-state index >= 15 is 0 Å². The highest BCUT2D eigenvalue weighted by molar-refractivity contribution is 9.10. The molecular formula is C116H152B2Br2N2O4. The van der Waals surface area contributed by atoms with Crippen molar-refractivity contribution in [1.82, 2.24) is 0 Å². The Morgan fingerprint density at radius 1 is 0.278 bits per heavy atom. The van der Waals surface area contributed by atoms with E-state index in [9.17, 15) is 0 Å². The predicted octanol–water partition coefficient (Wildman–Crippen LogP) is 35.0. The van der Waals surface area contributed by atoms with Crippen LogP contribution in [0.3, 0.4) is 0 Å². The molecule has 0 spiro atoms. The van der Waals surface area contributed by atoms with Crippen molar-refractivity contribution in [2.45, 2.75) is 362 Å². The molecule has 10 aromatic rings. The van der Waals surface area contributed by atoms with Gasteiger partial charge in [-0.2, -0.15) is 0 Å². The topological polar surface area (TPSA) is 43.4 Å². The Hall–Kier alpha value is -7.27. The summed E-state index contributed by atoms with van der Waals surface area (Å²) in [5, 5.41) is 0. The SMILES string of the molecule is CCC(C)c1ccc(N(c2ccc(Br)cc2)c2ccc(Br)cc2)cc1.CCCCCCCCC1(CCCCCCCC)c2cc(B3OC(C)(C)C(C)(C)O3)ccc2-c2ccc(B3OC(C)(C)C(C)(C)O3)cc21.CCCCCCCCC1(CCCCCCCC)c2cc(C)ccc2-c2ccc(-c3ccc(N(c4ccc(C)cc4)c4ccc(C(C)CC)cc4)cc3)cc21. The Kier molecular flexibility index (Phi) is 35.0. The molecule has 0 amide bonds. The van der Waals surface area contributed by atoms with Gasteiger partial charge >= 0.3 is 14.2 Å². The van der Waals surface area contributed by atoms with Gasteiger partial charge in [-0.3, -0.25) is 0 Å². The van der Waals surface area contributed by atoms with Gasteiger partial charge in [0.2, 0.25) is 0 Å². The average molecular weight is 1820 g/mol. The molecular weight excluding hydrogens is 1670 g/mol. The number of hydrogen-bond donors (Lipinski definition) is 0. The van der Waals surface area contributed by atoms with Gasteiger partial charge in [0.15, 0.2) is 0 Å². The van der Waals surface area contributed by atoms with Gasteiger partial charge in [-0.25, -0.2) is 0 Å². The lowest BCUT2D eigenvalue weighted by Gasteiger charge is -2.33. The molecule has 6 nitrogen and oxygen atoms in total. The second kappa shape index (κ2) is 45.0. The van der Waals surface area contributed by atoms with Crippen molar-refractivity contribution in [2.75, 3.05) is 9.80 Å². The van der Waals surface area contributed by atoms with E-state index in [1.54, 1.807) is 11.1 Å². The Morgan fingerprint density at radius 3 is 0.857 bits per heavy atom. The lowest BCUT2D eigenvalue weighted by molar-refractivity contribution is 0.00578. The molecule has 2 unspecified atom stereocenters. The predicted molar refractivity (Wildman–Crippen MR) is 552 cm³/mol. The van der Waals surface area contributed by atoms with E-state index in [1.807, 2.05) is 0 Å². The van der Waals surface area contributed by atoms with Gasteiger partial charge in [0.05, 0.1) is 22.4 Å². The van der Waals surface area contributed by atoms with Crippen LogP contribution in [0.2, 0.25) is 0 Å². The average Bonchev–Trinajstić information content (AvgIpc) is 1.56. The molecule has 2 aliphatic carbocycles. The van der Waals surface area contributed by atoms with Gasteiger partial charge in [-0.1, -0.05) is 368 Å². The molecule has 0 radical (unpaired) electrons. The molecule has 0 saturated carbocycles. The van der Waals surface area contributed by atoms with Crippen molar-refractivity contribution in [3.63, 3.8) is 0 Å². The van der Waals surface area contributed by atoms with Gasteiger partial charge in [0.1, 0.15) is 0 Å². The van der Waals surface area contributed by atoms with Crippen LogP contribution in [0.15, 0.2) is 227 Å². The summed E-state index contributed by atoms with van der Waals surface area (Å²) in [7, 11) is -0.731. The first-order valence-electron chi connectivity index (χ1n) is 49.4. The fourth-order valence-electron chi connectivity index (χ4n) is 19.7. The lowest BCUT2D eigenvalue weighted by atomic mass is 9.67. The third kappa shape index (κ3) is 23.4. The van der Waals surface area contributed by atoms with Crippen molar-refractivity contribution >= 4 is 91.1 Å². The summed E-state index contributed by atoms with van der Waals surface area (Å²) >= 11 is 7.05. The molecule has 4 aliphatic rings. The quantitative estimate of drug-likeness (QED) is 0.0281. The largest absolute Gasteiger partial charge is 0.494 e. The van der Waals surface area contributed by atoms with Crippen molar-refractivity contribution in [3.8, 4) is 33.4 Å². The van der Waals surface area contributed by atoms with Crippen LogP contribution in [0.5, 0.6) is 0 Å². The number of unbranched alkanes of at least 4 members (excludes halogenated alkanes) is 20. The molecule has 10 aromatic carbocycles. The highest BCUT2D eigenvalue weighted by Gasteiger charge is 2.55. The Bertz CT molecular complexity index is 4860. The fraction of sp³-hybridized carbons (Fsp3) is 0.483. The number of nitrogens with zero attached hydrogens (tertiary/aromatic N) is 2. The zero-order chi connectivity index (χ0) is 89.8. The van der Waals surface area contributed by atoms with E-state index in [1.165, 1.54) is 251 Å². The van der Waals surface area contributed by atoms with Crippen LogP contribution >= 0.6 is 31.9 Å². The molecule has 0 bridgehead atoms. The zero-order valence-electron chi connectivity index (χ0n) is 80.6. The van der Waals surface area contributed by atoms with Crippen molar-refractivity contribution in [1.29, 1.82) is 0 Å². The highest BCUT2D eigenvalue weighted by Crippen LogP contribution is 2.57. The first-order chi connectivity index (χ1) is 60.6. The second-order valence-electron chi connectivity index (χ2n) is 39.6. The van der Waals surface area contributed by atoms with Gasteiger partial charge in [0.25, 0.3) is 0 Å². The van der Waals surface area contributed by atoms with Crippen LogP contribution in [-0.2, 0) is 29.4 Å². The van der Waals surface area contributed by atoms with Gasteiger partial charge in [-0.15, -0.1) is 0 Å². The van der Waals surface area contributed by atoms with Crippen LogP contribution in [0.25, 0.3) is 33.4 Å². The fourth-order valence-corrected chi connectivity index (χ4v) is 20.2. The normalized spacial score (nSPS) is 16.1. The Labute approximate surface area is 781 Å². The minimum Gasteiger partial charge on any atom is -0.399 e. The summed E-state index contributed by atoms with van der Waals surface area (Å²) in [5.74, 6) is 1.15. The molecule has 670 valence electrons. The standard InChI is InChI=1S/C53H67N.C41H64B2O4.C22H21Br2N/c1-7-10-12-14-16-18-36-53(37-19-17-15-13-11-8-2)51-38-41(5)22-34-49(51)50-35-27-45(39-52(50)53)44-25-32-48(33-26-44)54(46-28-20-40(4)21-29-46)47-30-23-43(24-31-47)42(6)9-3;1-11-13-15-17-19-21-27-41(28-22-20-18-16-14-12-2)35-29-31(42-44-37(3,4)38(5,6)45-42)23-25-33(35)34-26-24-32(30-36(34)41)43-46-39(7,8)40(9,10)47-43;1-3-16(2)17-4-10-20(11-5-17)25(21-12-6-18(23)7-13-21)22-14-8-19(24)9-15-22/h20-35,38-39,42H,7-19,36-37H2,1-6H3;23-26,29-30H,11-22,27-28H2,1-10H3;4-16H,3H2,1-2H3. The summed E-state index contributed by atoms with van der Waals surface area (Å²) in [4.78, 5) is 4.68. The smallest absolute Gasteiger partial charge is 0.399 e. The first kappa shape index (κ1) is 97.8. The molecule has 14 rings (SSSR count). The summed E-state index contributed by atoms with van der Waals surface area (Å²) < 4.78 is 28.6. The van der Waals surface area contributed by atoms with Crippen molar-refractivity contribution in [2.24, 2.45) is 0 Å². The molecule has 10 heteroatoms. The monoisotopic (exact) mass is 1820 g/mol. The summed E-state index contributed by atoms with van der Waals surface area (Å²) in [5.41, 5.74) is 27.7. The van der Waals surface area contributed by atoms with E-state index in [0.29, 0.717) is 11.8 Å². The summed E-state index contributed by atoms with van der Waals surface area (Å²) in [6.45, 7) is 40.0. The molecule has 2 heterocycles. The number of benzene rings is 10. The molecule has 2 aliphatic heterocycles. The number of halogens is 2. The minimum atomic E-state index is -0.370. The molecule has 2 fully saturated rings. The molecule has 0 N–H and O–H groups in total. The van der Waals surface area contributed by atoms with Gasteiger partial charge in [-0.05, 0) is 300 Å². The highest BCUT2D eigenvalue weighted by atomic mass is 79.9. The number of anilines is 6. The van der Waals surface area contributed by atoms with Crippen LogP contribution in [-0.4, -0.2) is 36.6 Å². The maximum Gasteiger partial charge on any atom is 0.494 e. The van der Waals surface area contributed by atoms with Crippen molar-refractivity contribution in [3.05, 3.63) is 272 Å².